The molecule has 5 atom stereocenters. The molecule has 7 heteroatoms. The number of amides is 1. The lowest BCUT2D eigenvalue weighted by atomic mass is 9.50. The van der Waals surface area contributed by atoms with Crippen molar-refractivity contribution in [2.45, 2.75) is 69.6 Å². The highest BCUT2D eigenvalue weighted by atomic mass is 16.5. The second kappa shape index (κ2) is 11.0. The van der Waals surface area contributed by atoms with Gasteiger partial charge in [0.25, 0.3) is 5.91 Å². The van der Waals surface area contributed by atoms with Crippen molar-refractivity contribution in [2.75, 3.05) is 20.1 Å². The number of benzene rings is 3. The van der Waals surface area contributed by atoms with E-state index in [0.29, 0.717) is 11.5 Å². The van der Waals surface area contributed by atoms with E-state index < -0.39 is 11.4 Å². The molecule has 3 aromatic carbocycles. The number of hydrogen-bond donors (Lipinski definition) is 1. The first kappa shape index (κ1) is 28.5. The second-order valence-corrected chi connectivity index (χ2v) is 12.8. The van der Waals surface area contributed by atoms with E-state index in [1.165, 1.54) is 18.6 Å². The van der Waals surface area contributed by atoms with Crippen LogP contribution in [0, 0.1) is 24.7 Å². The van der Waals surface area contributed by atoms with E-state index in [-0.39, 0.29) is 35.8 Å². The van der Waals surface area contributed by atoms with Crippen molar-refractivity contribution >= 4 is 11.9 Å². The summed E-state index contributed by atoms with van der Waals surface area (Å²) in [6, 6.07) is 20.0. The number of likely N-dealkylation sites (tertiary alicyclic amines) is 1. The Morgan fingerprint density at radius 3 is 2.73 bits per heavy atom. The summed E-state index contributed by atoms with van der Waals surface area (Å²) in [5.74, 6) is 6.42. The molecule has 0 radical (unpaired) electrons. The van der Waals surface area contributed by atoms with Crippen LogP contribution in [0.4, 0.5) is 0 Å². The summed E-state index contributed by atoms with van der Waals surface area (Å²) in [4.78, 5) is 30.0. The number of esters is 1. The fraction of sp³-hybridized carbons (Fsp3) is 0.405. The number of rotatable bonds is 5. The SMILES string of the molecule is CC(=O)Oc1cc(O)c2c3c1C[C@@H]1[C@@H]4CC[C@@H](N(C)C(=O)C#Cc5cccc(C)c5)[C@H](O2)[C@]34CCN1CCc1ccccc1. The fourth-order valence-electron chi connectivity index (χ4n) is 8.57. The van der Waals surface area contributed by atoms with Gasteiger partial charge in [-0.05, 0) is 74.8 Å². The predicted octanol–water partition coefficient (Wildman–Crippen LogP) is 4.79. The van der Waals surface area contributed by atoms with Gasteiger partial charge in [0.05, 0.1) is 6.04 Å². The third-order valence-electron chi connectivity index (χ3n) is 10.4. The zero-order valence-electron chi connectivity index (χ0n) is 25.5. The van der Waals surface area contributed by atoms with Crippen molar-refractivity contribution in [1.29, 1.82) is 0 Å². The van der Waals surface area contributed by atoms with Crippen LogP contribution in [0.25, 0.3) is 0 Å². The second-order valence-electron chi connectivity index (χ2n) is 12.8. The van der Waals surface area contributed by atoms with Gasteiger partial charge in [0.2, 0.25) is 0 Å². The largest absolute Gasteiger partial charge is 0.504 e. The summed E-state index contributed by atoms with van der Waals surface area (Å²) in [5, 5.41) is 11.2. The molecule has 226 valence electrons. The number of hydrogen-bond acceptors (Lipinski definition) is 6. The molecular weight excluding hydrogens is 552 g/mol. The maximum absolute atomic E-state index is 13.5. The molecule has 2 aliphatic heterocycles. The Labute approximate surface area is 258 Å². The van der Waals surface area contributed by atoms with Crippen molar-refractivity contribution in [1.82, 2.24) is 9.80 Å². The number of nitrogens with zero attached hydrogens (tertiary/aromatic N) is 2. The number of piperidine rings is 1. The van der Waals surface area contributed by atoms with Gasteiger partial charge >= 0.3 is 5.97 Å². The summed E-state index contributed by atoms with van der Waals surface area (Å²) < 4.78 is 12.5. The first-order valence-corrected chi connectivity index (χ1v) is 15.6. The third-order valence-corrected chi connectivity index (χ3v) is 10.4. The van der Waals surface area contributed by atoms with Crippen LogP contribution in [0.2, 0.25) is 0 Å². The van der Waals surface area contributed by atoms with Crippen LogP contribution >= 0.6 is 0 Å². The van der Waals surface area contributed by atoms with E-state index in [4.69, 9.17) is 9.47 Å². The van der Waals surface area contributed by atoms with Gasteiger partial charge < -0.3 is 19.5 Å². The van der Waals surface area contributed by atoms with E-state index in [1.54, 1.807) is 4.90 Å². The lowest BCUT2D eigenvalue weighted by Crippen LogP contribution is -2.69. The number of carbonyl (C=O) groups is 2. The molecule has 3 aromatic rings. The standard InChI is InChI=1S/C37H38N2O5/c1-23-8-7-11-26(20-23)12-15-33(42)38(3)29-14-13-28-30-21-27-32(43-24(2)40)22-31(41)35-34(27)37(28,36(29)44-35)17-19-39(30)18-16-25-9-5-4-6-10-25/h4-11,20,22,28-30,36,41H,13-14,16-19,21H2,1-3H3/t28-,29+,30+,36-,37-/m0/s1. The normalized spacial score (nSPS) is 26.1. The predicted molar refractivity (Wildman–Crippen MR) is 167 cm³/mol. The van der Waals surface area contributed by atoms with Crippen molar-refractivity contribution in [3.8, 4) is 29.1 Å². The highest BCUT2D eigenvalue weighted by Gasteiger charge is 2.67. The van der Waals surface area contributed by atoms with E-state index in [9.17, 15) is 14.7 Å². The van der Waals surface area contributed by atoms with Crippen LogP contribution in [-0.2, 0) is 27.8 Å². The Hall–Kier alpha value is -4.28. The van der Waals surface area contributed by atoms with E-state index >= 15 is 0 Å². The zero-order chi connectivity index (χ0) is 30.6. The first-order chi connectivity index (χ1) is 21.3. The summed E-state index contributed by atoms with van der Waals surface area (Å²) in [6.45, 7) is 5.23. The minimum Gasteiger partial charge on any atom is -0.504 e. The molecule has 1 N–H and O–H groups in total. The van der Waals surface area contributed by atoms with Gasteiger partial charge in [-0.3, -0.25) is 14.5 Å². The molecule has 1 saturated carbocycles. The molecule has 2 aliphatic carbocycles. The molecule has 1 saturated heterocycles. The molecule has 7 rings (SSSR count). The maximum atomic E-state index is 13.5. The third kappa shape index (κ3) is 4.64. The minimum absolute atomic E-state index is 0.0144. The topological polar surface area (TPSA) is 79.3 Å². The molecule has 2 bridgehead atoms. The highest BCUT2D eigenvalue weighted by molar-refractivity contribution is 5.94. The van der Waals surface area contributed by atoms with Gasteiger partial charge in [-0.1, -0.05) is 48.4 Å². The molecule has 0 aromatic heterocycles. The smallest absolute Gasteiger partial charge is 0.308 e. The lowest BCUT2D eigenvalue weighted by Gasteiger charge is -2.60. The van der Waals surface area contributed by atoms with Crippen LogP contribution in [-0.4, -0.2) is 65.1 Å². The van der Waals surface area contributed by atoms with Crippen LogP contribution in [0.5, 0.6) is 17.2 Å². The lowest BCUT2D eigenvalue weighted by molar-refractivity contribution is -0.135. The summed E-state index contributed by atoms with van der Waals surface area (Å²) >= 11 is 0. The van der Waals surface area contributed by atoms with Gasteiger partial charge in [0.1, 0.15) is 11.9 Å². The van der Waals surface area contributed by atoms with Gasteiger partial charge in [-0.15, -0.1) is 0 Å². The Kier molecular flexibility index (Phi) is 7.13. The minimum atomic E-state index is -0.416. The van der Waals surface area contributed by atoms with E-state index in [2.05, 4.69) is 41.0 Å². The zero-order valence-corrected chi connectivity index (χ0v) is 25.5. The Bertz CT molecular complexity index is 1690. The fourth-order valence-corrected chi connectivity index (χ4v) is 8.57. The Morgan fingerprint density at radius 2 is 1.95 bits per heavy atom. The molecule has 7 nitrogen and oxygen atoms in total. The first-order valence-electron chi connectivity index (χ1n) is 15.6. The molecular formula is C37H38N2O5. The number of ether oxygens (including phenoxy) is 2. The summed E-state index contributed by atoms with van der Waals surface area (Å²) in [6.07, 6.45) is 3.91. The molecule has 2 heterocycles. The van der Waals surface area contributed by atoms with Crippen LogP contribution in [0.1, 0.15) is 54.0 Å². The van der Waals surface area contributed by atoms with Crippen molar-refractivity contribution in [2.24, 2.45) is 5.92 Å². The number of phenolic OH excluding ortho intramolecular Hbond substituents is 1. The number of aryl methyl sites for hydroxylation is 1. The van der Waals surface area contributed by atoms with Crippen LogP contribution in [0.15, 0.2) is 60.7 Å². The Morgan fingerprint density at radius 1 is 1.14 bits per heavy atom. The molecule has 4 aliphatic rings. The molecule has 0 unspecified atom stereocenters. The quantitative estimate of drug-likeness (QED) is 0.262. The van der Waals surface area contributed by atoms with Crippen LogP contribution in [0.3, 0.4) is 0 Å². The van der Waals surface area contributed by atoms with Gasteiger partial charge in [-0.25, -0.2) is 0 Å². The average Bonchev–Trinajstić information content (AvgIpc) is 3.35. The van der Waals surface area contributed by atoms with Gasteiger partial charge in [0.15, 0.2) is 11.5 Å². The molecule has 2 fully saturated rings. The van der Waals surface area contributed by atoms with Gasteiger partial charge in [-0.2, -0.15) is 0 Å². The van der Waals surface area contributed by atoms with Gasteiger partial charge in [0, 0.05) is 60.7 Å². The van der Waals surface area contributed by atoms with Crippen molar-refractivity contribution in [3.63, 3.8) is 0 Å². The molecule has 44 heavy (non-hydrogen) atoms. The molecule has 1 amide bonds. The highest BCUT2D eigenvalue weighted by Crippen LogP contribution is 2.65. The van der Waals surface area contributed by atoms with E-state index in [0.717, 1.165) is 67.4 Å². The van der Waals surface area contributed by atoms with Crippen LogP contribution < -0.4 is 9.47 Å². The number of aromatic hydroxyl groups is 1. The molecule has 1 spiro atoms. The number of likely N-dealkylation sites (N-methyl/N-ethyl adjacent to an activating group) is 1. The monoisotopic (exact) mass is 590 g/mol. The van der Waals surface area contributed by atoms with Crippen molar-refractivity contribution in [3.05, 3.63) is 88.5 Å². The average molecular weight is 591 g/mol. The summed E-state index contributed by atoms with van der Waals surface area (Å²) in [7, 11) is 1.82. The van der Waals surface area contributed by atoms with Crippen molar-refractivity contribution < 1.29 is 24.2 Å². The maximum Gasteiger partial charge on any atom is 0.308 e. The van der Waals surface area contributed by atoms with E-state index in [1.807, 2.05) is 44.3 Å². The Balaban J connectivity index is 1.25. The number of carbonyl (C=O) groups excluding carboxylic acids is 2. The number of phenols is 1. The summed E-state index contributed by atoms with van der Waals surface area (Å²) in [5.41, 5.74) is 4.76.